The summed E-state index contributed by atoms with van der Waals surface area (Å²) in [7, 11) is -1.64. The molecule has 0 saturated heterocycles. The Bertz CT molecular complexity index is 244. The lowest BCUT2D eigenvalue weighted by molar-refractivity contribution is 0.422. The predicted molar refractivity (Wildman–Crippen MR) is 38.9 cm³/mol. The average Bonchev–Trinajstić information content (AvgIpc) is 2.04. The normalized spacial score (nSPS) is 9.73. The fourth-order valence-corrected chi connectivity index (χ4v) is 0.790. The maximum Gasteiger partial charge on any atom is 0.490 e. The highest BCUT2D eigenvalue weighted by molar-refractivity contribution is 6.59. The van der Waals surface area contributed by atoms with Gasteiger partial charge in [0.15, 0.2) is 0 Å². The molecular formula is C6H7BFNO2. The minimum atomic E-state index is -1.64. The van der Waals surface area contributed by atoms with E-state index < -0.39 is 13.8 Å². The van der Waals surface area contributed by atoms with Crippen LogP contribution in [0.3, 0.4) is 0 Å². The van der Waals surface area contributed by atoms with Crippen LogP contribution < -0.4 is 5.46 Å². The summed E-state index contributed by atoms with van der Waals surface area (Å²) in [6.07, 6.45) is 2.64. The van der Waals surface area contributed by atoms with Crippen molar-refractivity contribution in [3.05, 3.63) is 24.0 Å². The molecule has 0 bridgehead atoms. The van der Waals surface area contributed by atoms with Crippen LogP contribution in [-0.4, -0.2) is 22.2 Å². The highest BCUT2D eigenvalue weighted by Crippen LogP contribution is 1.96. The summed E-state index contributed by atoms with van der Waals surface area (Å²) in [5.74, 6) is 0. The second-order valence-electron chi connectivity index (χ2n) is 2.08. The molecule has 0 fully saturated rings. The summed E-state index contributed by atoms with van der Waals surface area (Å²) >= 11 is 0. The lowest BCUT2D eigenvalue weighted by atomic mass is 9.78. The third kappa shape index (κ3) is 1.75. The van der Waals surface area contributed by atoms with Crippen molar-refractivity contribution in [2.45, 2.75) is 6.67 Å². The van der Waals surface area contributed by atoms with Crippen LogP contribution in [0.15, 0.2) is 18.5 Å². The largest absolute Gasteiger partial charge is 0.490 e. The van der Waals surface area contributed by atoms with E-state index in [1.54, 1.807) is 0 Å². The first kappa shape index (κ1) is 8.16. The van der Waals surface area contributed by atoms with Crippen molar-refractivity contribution in [1.82, 2.24) is 4.98 Å². The molecule has 0 saturated carbocycles. The summed E-state index contributed by atoms with van der Waals surface area (Å²) in [5.41, 5.74) is 0.380. The summed E-state index contributed by atoms with van der Waals surface area (Å²) in [6.45, 7) is -0.713. The van der Waals surface area contributed by atoms with Gasteiger partial charge in [-0.3, -0.25) is 4.98 Å². The molecule has 3 nitrogen and oxygen atoms in total. The van der Waals surface area contributed by atoms with Crippen molar-refractivity contribution in [2.24, 2.45) is 0 Å². The van der Waals surface area contributed by atoms with Gasteiger partial charge in [-0.25, -0.2) is 4.39 Å². The Hall–Kier alpha value is -0.935. The van der Waals surface area contributed by atoms with Gasteiger partial charge >= 0.3 is 7.12 Å². The van der Waals surface area contributed by atoms with Gasteiger partial charge in [-0.2, -0.15) is 0 Å². The van der Waals surface area contributed by atoms with Crippen LogP contribution >= 0.6 is 0 Å². The second kappa shape index (κ2) is 3.45. The van der Waals surface area contributed by atoms with E-state index in [0.29, 0.717) is 0 Å². The first-order valence-electron chi connectivity index (χ1n) is 3.10. The van der Waals surface area contributed by atoms with E-state index in [1.807, 2.05) is 0 Å². The highest BCUT2D eigenvalue weighted by atomic mass is 19.1. The smallest absolute Gasteiger partial charge is 0.423 e. The van der Waals surface area contributed by atoms with Crippen molar-refractivity contribution < 1.29 is 14.4 Å². The van der Waals surface area contributed by atoms with Crippen LogP contribution in [0.25, 0.3) is 0 Å². The van der Waals surface area contributed by atoms with Crippen LogP contribution in [0.5, 0.6) is 0 Å². The number of rotatable bonds is 2. The average molecular weight is 155 g/mol. The topological polar surface area (TPSA) is 53.4 Å². The number of alkyl halides is 1. The molecule has 0 aliphatic rings. The first-order valence-corrected chi connectivity index (χ1v) is 3.10. The third-order valence-corrected chi connectivity index (χ3v) is 1.37. The van der Waals surface area contributed by atoms with E-state index in [2.05, 4.69) is 4.98 Å². The van der Waals surface area contributed by atoms with E-state index in [9.17, 15) is 4.39 Å². The summed E-state index contributed by atoms with van der Waals surface area (Å²) in [5, 5.41) is 17.4. The minimum absolute atomic E-state index is 0.120. The monoisotopic (exact) mass is 155 g/mol. The summed E-state index contributed by atoms with van der Waals surface area (Å²) in [4.78, 5) is 3.63. The quantitative estimate of drug-likeness (QED) is 0.551. The van der Waals surface area contributed by atoms with Crippen molar-refractivity contribution in [1.29, 1.82) is 0 Å². The second-order valence-corrected chi connectivity index (χ2v) is 2.08. The van der Waals surface area contributed by atoms with Crippen LogP contribution in [0.2, 0.25) is 0 Å². The van der Waals surface area contributed by atoms with Gasteiger partial charge in [0.05, 0.1) is 0 Å². The van der Waals surface area contributed by atoms with Crippen molar-refractivity contribution in [3.63, 3.8) is 0 Å². The molecular weight excluding hydrogens is 148 g/mol. The van der Waals surface area contributed by atoms with E-state index in [-0.39, 0.29) is 11.0 Å². The number of hydrogen-bond donors (Lipinski definition) is 2. The Morgan fingerprint density at radius 1 is 1.55 bits per heavy atom. The molecule has 0 spiro atoms. The number of halogens is 1. The minimum Gasteiger partial charge on any atom is -0.423 e. The Morgan fingerprint density at radius 3 is 2.73 bits per heavy atom. The molecule has 5 heteroatoms. The van der Waals surface area contributed by atoms with Crippen LogP contribution in [0.4, 0.5) is 4.39 Å². The molecule has 1 aromatic heterocycles. The molecule has 58 valence electrons. The van der Waals surface area contributed by atoms with Gasteiger partial charge < -0.3 is 10.0 Å². The number of nitrogens with zero attached hydrogens (tertiary/aromatic N) is 1. The molecule has 11 heavy (non-hydrogen) atoms. The lowest BCUT2D eigenvalue weighted by Gasteiger charge is -2.02. The van der Waals surface area contributed by atoms with Gasteiger partial charge in [0.1, 0.15) is 6.67 Å². The zero-order chi connectivity index (χ0) is 8.27. The maximum absolute atomic E-state index is 12.1. The SMILES string of the molecule is OB(O)c1cnccc1CF. The van der Waals surface area contributed by atoms with E-state index >= 15 is 0 Å². The third-order valence-electron chi connectivity index (χ3n) is 1.37. The Balaban J connectivity index is 3.02. The molecule has 0 aliphatic carbocycles. The molecule has 0 aromatic carbocycles. The highest BCUT2D eigenvalue weighted by Gasteiger charge is 2.14. The van der Waals surface area contributed by atoms with Crippen molar-refractivity contribution in [2.75, 3.05) is 0 Å². The fraction of sp³-hybridized carbons (Fsp3) is 0.167. The zero-order valence-corrected chi connectivity index (χ0v) is 5.74. The van der Waals surface area contributed by atoms with Crippen LogP contribution in [0.1, 0.15) is 5.56 Å². The van der Waals surface area contributed by atoms with Crippen LogP contribution in [-0.2, 0) is 6.67 Å². The van der Waals surface area contributed by atoms with Gasteiger partial charge in [-0.1, -0.05) is 0 Å². The number of aromatic nitrogens is 1. The molecule has 0 unspecified atom stereocenters. The summed E-state index contributed by atoms with van der Waals surface area (Å²) < 4.78 is 12.1. The van der Waals surface area contributed by atoms with Gasteiger partial charge in [0, 0.05) is 17.9 Å². The Labute approximate surface area is 63.7 Å². The predicted octanol–water partition coefficient (Wildman–Crippen LogP) is -0.769. The molecule has 2 N–H and O–H groups in total. The van der Waals surface area contributed by atoms with Gasteiger partial charge in [0.2, 0.25) is 0 Å². The number of pyridine rings is 1. The molecule has 1 rings (SSSR count). The molecule has 1 aromatic rings. The van der Waals surface area contributed by atoms with E-state index in [4.69, 9.17) is 10.0 Å². The van der Waals surface area contributed by atoms with E-state index in [0.717, 1.165) is 0 Å². The van der Waals surface area contributed by atoms with E-state index in [1.165, 1.54) is 18.5 Å². The van der Waals surface area contributed by atoms with Crippen molar-refractivity contribution >= 4 is 12.6 Å². The molecule has 0 aliphatic heterocycles. The van der Waals surface area contributed by atoms with Gasteiger partial charge in [0.25, 0.3) is 0 Å². The Kier molecular flexibility index (Phi) is 2.56. The van der Waals surface area contributed by atoms with Crippen molar-refractivity contribution in [3.8, 4) is 0 Å². The fourth-order valence-electron chi connectivity index (χ4n) is 0.790. The van der Waals surface area contributed by atoms with Gasteiger partial charge in [-0.15, -0.1) is 0 Å². The lowest BCUT2D eigenvalue weighted by Crippen LogP contribution is -2.33. The summed E-state index contributed by atoms with van der Waals surface area (Å²) in [6, 6.07) is 1.41. The van der Waals surface area contributed by atoms with Crippen LogP contribution in [0, 0.1) is 0 Å². The zero-order valence-electron chi connectivity index (χ0n) is 5.74. The van der Waals surface area contributed by atoms with Gasteiger partial charge in [-0.05, 0) is 11.6 Å². The maximum atomic E-state index is 12.1. The molecule has 1 heterocycles. The Morgan fingerprint density at radius 2 is 2.27 bits per heavy atom. The molecule has 0 atom stereocenters. The molecule has 0 radical (unpaired) electrons. The standard InChI is InChI=1S/C6H7BFNO2/c8-3-5-1-2-9-4-6(5)7(10)11/h1-2,4,10-11H,3H2. The molecule has 0 amide bonds. The number of hydrogen-bond acceptors (Lipinski definition) is 3. The first-order chi connectivity index (χ1) is 5.25.